The summed E-state index contributed by atoms with van der Waals surface area (Å²) >= 11 is 4.32. The van der Waals surface area contributed by atoms with Gasteiger partial charge >= 0.3 is 0 Å². The SMILES string of the molecule is O=CCl.c1cnoc1. The summed E-state index contributed by atoms with van der Waals surface area (Å²) in [5.41, 5.74) is 0. The lowest BCUT2D eigenvalue weighted by atomic mass is 10.8. The molecule has 4 heteroatoms. The Kier molecular flexibility index (Phi) is 5.53. The molecule has 0 amide bonds. The molecule has 0 fully saturated rings. The predicted molar refractivity (Wildman–Crippen MR) is 29.1 cm³/mol. The van der Waals surface area contributed by atoms with Gasteiger partial charge in [-0.3, -0.25) is 4.79 Å². The fraction of sp³-hybridized carbons (Fsp3) is 0. The highest BCUT2D eigenvalue weighted by molar-refractivity contribution is 6.54. The van der Waals surface area contributed by atoms with Gasteiger partial charge in [-0.15, -0.1) is 0 Å². The van der Waals surface area contributed by atoms with Crippen LogP contribution in [0.25, 0.3) is 0 Å². The topological polar surface area (TPSA) is 43.1 Å². The molecule has 0 spiro atoms. The summed E-state index contributed by atoms with van der Waals surface area (Å²) in [6.45, 7) is 0. The van der Waals surface area contributed by atoms with Crippen LogP contribution < -0.4 is 0 Å². The fourth-order valence-corrected chi connectivity index (χ4v) is 0.176. The van der Waals surface area contributed by atoms with Crippen LogP contribution in [0, 0.1) is 0 Å². The average molecular weight is 134 g/mol. The lowest BCUT2D eigenvalue weighted by molar-refractivity contribution is 0.420. The Morgan fingerprint density at radius 3 is 2.50 bits per heavy atom. The molecule has 0 aliphatic rings. The summed E-state index contributed by atoms with van der Waals surface area (Å²) in [6.07, 6.45) is 3.10. The fourth-order valence-electron chi connectivity index (χ4n) is 0.176. The van der Waals surface area contributed by atoms with Crippen LogP contribution in [0.2, 0.25) is 0 Å². The number of rotatable bonds is 0. The third-order valence-electron chi connectivity index (χ3n) is 0.347. The quantitative estimate of drug-likeness (QED) is 0.393. The summed E-state index contributed by atoms with van der Waals surface area (Å²) < 4.78 is 4.33. The van der Waals surface area contributed by atoms with Crippen LogP contribution in [0.15, 0.2) is 23.0 Å². The van der Waals surface area contributed by atoms with Gasteiger partial charge in [0.2, 0.25) is 5.75 Å². The van der Waals surface area contributed by atoms with Crippen LogP contribution in [0.1, 0.15) is 0 Å². The Balaban J connectivity index is 0.000000145. The van der Waals surface area contributed by atoms with Crippen molar-refractivity contribution in [3.05, 3.63) is 18.5 Å². The molecule has 0 N–H and O–H groups in total. The van der Waals surface area contributed by atoms with Gasteiger partial charge in [-0.2, -0.15) is 0 Å². The van der Waals surface area contributed by atoms with Crippen molar-refractivity contribution in [3.8, 4) is 0 Å². The van der Waals surface area contributed by atoms with Crippen LogP contribution >= 0.6 is 11.6 Å². The molecule has 1 aromatic heterocycles. The maximum atomic E-state index is 8.57. The first-order valence-electron chi connectivity index (χ1n) is 1.80. The molecular weight excluding hydrogens is 130 g/mol. The van der Waals surface area contributed by atoms with Crippen LogP contribution in [0.3, 0.4) is 0 Å². The lowest BCUT2D eigenvalue weighted by Crippen LogP contribution is -1.38. The molecule has 1 rings (SSSR count). The molecule has 8 heavy (non-hydrogen) atoms. The number of carbonyl (C=O) groups excluding carboxylic acids is 1. The summed E-state index contributed by atoms with van der Waals surface area (Å²) in [5, 5.41) is 3.35. The zero-order chi connectivity index (χ0) is 6.24. The zero-order valence-corrected chi connectivity index (χ0v) is 4.71. The van der Waals surface area contributed by atoms with Crippen molar-refractivity contribution in [3.63, 3.8) is 0 Å². The second kappa shape index (κ2) is 6.17. The molecule has 0 aliphatic carbocycles. The van der Waals surface area contributed by atoms with Crippen molar-refractivity contribution in [1.82, 2.24) is 5.16 Å². The van der Waals surface area contributed by atoms with Crippen LogP contribution in [0.5, 0.6) is 0 Å². The first-order valence-corrected chi connectivity index (χ1v) is 2.23. The van der Waals surface area contributed by atoms with E-state index in [0.29, 0.717) is 0 Å². The van der Waals surface area contributed by atoms with Gasteiger partial charge in [0.25, 0.3) is 0 Å². The molecule has 0 saturated carbocycles. The van der Waals surface area contributed by atoms with Gasteiger partial charge < -0.3 is 4.52 Å². The number of halogens is 1. The van der Waals surface area contributed by atoms with Gasteiger partial charge in [0, 0.05) is 0 Å². The largest absolute Gasteiger partial charge is 0.365 e. The third-order valence-corrected chi connectivity index (χ3v) is 0.347. The maximum Gasteiger partial charge on any atom is 0.208 e. The Morgan fingerprint density at radius 2 is 2.38 bits per heavy atom. The predicted octanol–water partition coefficient (Wildman–Crippen LogP) is 1.09. The number of aromatic nitrogens is 1. The maximum absolute atomic E-state index is 8.57. The highest BCUT2D eigenvalue weighted by Gasteiger charge is 1.60. The van der Waals surface area contributed by atoms with Crippen LogP contribution in [0.4, 0.5) is 0 Å². The monoisotopic (exact) mass is 133 g/mol. The van der Waals surface area contributed by atoms with Crippen LogP contribution in [-0.2, 0) is 4.79 Å². The molecule has 44 valence electrons. The van der Waals surface area contributed by atoms with E-state index >= 15 is 0 Å². The highest BCUT2D eigenvalue weighted by Crippen LogP contribution is 1.72. The van der Waals surface area contributed by atoms with E-state index in [2.05, 4.69) is 21.3 Å². The smallest absolute Gasteiger partial charge is 0.208 e. The van der Waals surface area contributed by atoms with E-state index in [9.17, 15) is 0 Å². The molecule has 1 aromatic rings. The Bertz CT molecular complexity index is 100. The van der Waals surface area contributed by atoms with E-state index in [4.69, 9.17) is 4.79 Å². The van der Waals surface area contributed by atoms with Crippen molar-refractivity contribution < 1.29 is 9.32 Å². The van der Waals surface area contributed by atoms with Crippen molar-refractivity contribution >= 4 is 17.3 Å². The van der Waals surface area contributed by atoms with E-state index in [0.717, 1.165) is 0 Å². The number of carbonyl (C=O) groups is 1. The van der Waals surface area contributed by atoms with Gasteiger partial charge in [0.15, 0.2) is 0 Å². The second-order valence-corrected chi connectivity index (χ2v) is 0.956. The van der Waals surface area contributed by atoms with Gasteiger partial charge in [0.1, 0.15) is 6.26 Å². The molecule has 0 aliphatic heterocycles. The minimum atomic E-state index is 0.222. The summed E-state index contributed by atoms with van der Waals surface area (Å²) in [7, 11) is 0. The van der Waals surface area contributed by atoms with Crippen molar-refractivity contribution in [1.29, 1.82) is 0 Å². The Labute approximate surface area is 51.2 Å². The first kappa shape index (κ1) is 7.17. The second-order valence-electron chi connectivity index (χ2n) is 0.778. The molecule has 3 nitrogen and oxygen atoms in total. The molecule has 1 heterocycles. The number of nitrogens with zero attached hydrogens (tertiary/aromatic N) is 1. The van der Waals surface area contributed by atoms with Crippen molar-refractivity contribution in [2.24, 2.45) is 0 Å². The standard InChI is InChI=1S/C3H3NO.CHClO/c1-2-4-5-3-1;2-1-3/h1-3H;1H. The Hall–Kier alpha value is -0.830. The number of hydrogen-bond donors (Lipinski definition) is 0. The van der Waals surface area contributed by atoms with E-state index < -0.39 is 0 Å². The van der Waals surface area contributed by atoms with Gasteiger partial charge in [-0.25, -0.2) is 0 Å². The van der Waals surface area contributed by atoms with E-state index in [-0.39, 0.29) is 5.75 Å². The molecule has 0 atom stereocenters. The summed E-state index contributed by atoms with van der Waals surface area (Å²) in [4.78, 5) is 8.57. The zero-order valence-electron chi connectivity index (χ0n) is 3.95. The molecule has 0 saturated heterocycles. The van der Waals surface area contributed by atoms with E-state index in [1.807, 2.05) is 0 Å². The molecule has 0 aromatic carbocycles. The first-order chi connectivity index (χ1) is 3.91. The van der Waals surface area contributed by atoms with E-state index in [1.54, 1.807) is 12.3 Å². The summed E-state index contributed by atoms with van der Waals surface area (Å²) in [6, 6.07) is 1.72. The van der Waals surface area contributed by atoms with Crippen molar-refractivity contribution in [2.75, 3.05) is 0 Å². The van der Waals surface area contributed by atoms with Gasteiger partial charge in [-0.1, -0.05) is 5.16 Å². The summed E-state index contributed by atoms with van der Waals surface area (Å²) in [5.74, 6) is 0.222. The van der Waals surface area contributed by atoms with Gasteiger partial charge in [-0.05, 0) is 17.7 Å². The number of hydrogen-bond acceptors (Lipinski definition) is 3. The van der Waals surface area contributed by atoms with Crippen LogP contribution in [-0.4, -0.2) is 10.9 Å². The average Bonchev–Trinajstić information content (AvgIpc) is 2.17. The molecule has 0 unspecified atom stereocenters. The molecule has 0 bridgehead atoms. The molecule has 0 radical (unpaired) electrons. The van der Waals surface area contributed by atoms with Crippen molar-refractivity contribution in [2.45, 2.75) is 0 Å². The minimum absolute atomic E-state index is 0.222. The lowest BCUT2D eigenvalue weighted by Gasteiger charge is -1.48. The van der Waals surface area contributed by atoms with Gasteiger partial charge in [0.05, 0.1) is 6.20 Å². The molecular formula is C4H4ClNO2. The minimum Gasteiger partial charge on any atom is -0.365 e. The van der Waals surface area contributed by atoms with E-state index in [1.165, 1.54) is 6.26 Å². The third kappa shape index (κ3) is 5.17. The normalized spacial score (nSPS) is 6.62. The Morgan fingerprint density at radius 1 is 1.75 bits per heavy atom. The highest BCUT2D eigenvalue weighted by atomic mass is 35.5.